The van der Waals surface area contributed by atoms with Crippen molar-refractivity contribution in [2.75, 3.05) is 0 Å². The van der Waals surface area contributed by atoms with Gasteiger partial charge in [-0.15, -0.1) is 0 Å². The molecule has 0 amide bonds. The number of carboxylic acid groups (broad SMARTS) is 1. The summed E-state index contributed by atoms with van der Waals surface area (Å²) >= 11 is 0. The second kappa shape index (κ2) is 11.6. The molecular weight excluding hydrogens is 584 g/mol. The van der Waals surface area contributed by atoms with Crippen molar-refractivity contribution < 1.29 is 39.9 Å². The fourth-order valence-electron chi connectivity index (χ4n) is 10.4. The van der Waals surface area contributed by atoms with Gasteiger partial charge in [-0.25, -0.2) is 4.79 Å². The molecule has 5 N–H and O–H groups in total. The molecule has 0 spiro atoms. The van der Waals surface area contributed by atoms with Gasteiger partial charge >= 0.3 is 5.97 Å². The molecule has 10 atom stereocenters. The van der Waals surface area contributed by atoms with Crippen molar-refractivity contribution in [1.82, 2.24) is 0 Å². The van der Waals surface area contributed by atoms with Crippen LogP contribution >= 0.6 is 0 Å². The van der Waals surface area contributed by atoms with Gasteiger partial charge in [0.25, 0.3) is 0 Å². The first kappa shape index (κ1) is 34.3. The fraction of sp³-hybridized carbons (Fsp3) is 0.605. The lowest BCUT2D eigenvalue weighted by atomic mass is 9.40. The van der Waals surface area contributed by atoms with E-state index in [1.54, 1.807) is 0 Å². The lowest BCUT2D eigenvalue weighted by Gasteiger charge is -2.63. The third kappa shape index (κ3) is 4.86. The zero-order chi connectivity index (χ0) is 34.1. The van der Waals surface area contributed by atoms with Crippen molar-refractivity contribution in [1.29, 1.82) is 0 Å². The van der Waals surface area contributed by atoms with Crippen LogP contribution in [0.4, 0.5) is 0 Å². The molecule has 2 saturated carbocycles. The topological polar surface area (TPSA) is 152 Å². The molecule has 0 bridgehead atoms. The summed E-state index contributed by atoms with van der Waals surface area (Å²) in [7, 11) is 0. The Kier molecular flexibility index (Phi) is 8.62. The number of benzene rings is 1. The Bertz CT molecular complexity index is 1520. The van der Waals surface area contributed by atoms with Gasteiger partial charge in [-0.05, 0) is 60.5 Å². The summed E-state index contributed by atoms with van der Waals surface area (Å²) in [6.45, 7) is 13.0. The number of carbonyl (C=O) groups is 3. The number of hydrogen-bond donors (Lipinski definition) is 5. The van der Waals surface area contributed by atoms with Crippen LogP contribution in [0.25, 0.3) is 6.08 Å². The summed E-state index contributed by atoms with van der Waals surface area (Å²) in [5.74, 6) is -3.30. The first-order valence-corrected chi connectivity index (χ1v) is 16.6. The second-order valence-corrected chi connectivity index (χ2v) is 15.7. The molecule has 5 rings (SSSR count). The molecule has 0 aliphatic heterocycles. The minimum atomic E-state index is -1.41. The molecule has 1 aromatic rings. The van der Waals surface area contributed by atoms with E-state index < -0.39 is 57.6 Å². The summed E-state index contributed by atoms with van der Waals surface area (Å²) in [5.41, 5.74) is -1.54. The molecule has 4 aliphatic carbocycles. The Morgan fingerprint density at radius 1 is 1.04 bits per heavy atom. The molecule has 8 nitrogen and oxygen atoms in total. The van der Waals surface area contributed by atoms with Crippen LogP contribution in [0.3, 0.4) is 0 Å². The smallest absolute Gasteiger partial charge is 0.334 e. The third-order valence-electron chi connectivity index (χ3n) is 13.1. The van der Waals surface area contributed by atoms with Crippen LogP contribution in [-0.2, 0) is 14.4 Å². The fourth-order valence-corrected chi connectivity index (χ4v) is 10.4. The van der Waals surface area contributed by atoms with Gasteiger partial charge in [-0.3, -0.25) is 9.59 Å². The first-order valence-electron chi connectivity index (χ1n) is 16.6. The number of Topliss-reactive ketones (excluding diaryl/α,β-unsaturated/α-hetero) is 2. The Labute approximate surface area is 271 Å². The van der Waals surface area contributed by atoms with Crippen LogP contribution < -0.4 is 0 Å². The van der Waals surface area contributed by atoms with Crippen LogP contribution in [0, 0.1) is 45.3 Å². The minimum absolute atomic E-state index is 0.0423. The highest BCUT2D eigenvalue weighted by molar-refractivity contribution is 6.01. The van der Waals surface area contributed by atoms with E-state index in [1.165, 1.54) is 6.92 Å². The molecule has 0 unspecified atom stereocenters. The van der Waals surface area contributed by atoms with Gasteiger partial charge in [0.2, 0.25) is 0 Å². The van der Waals surface area contributed by atoms with E-state index in [1.807, 2.05) is 77.1 Å². The Hall–Kier alpha value is -3.07. The zero-order valence-corrected chi connectivity index (χ0v) is 28.1. The number of ketones is 2. The monoisotopic (exact) mass is 634 g/mol. The SMILES string of the molecule is C/C(C(=O)O)=C(/O)[C@@H](O)C[C@@H](C)[C@H]1C[C@H](O)[C@@]2(C)C3=C(C(=O)C[C@]12C)[C@@]1(C)CCC(=O)C(C)(C)[C@H]1[C@@H](/C=C/c1ccccc1)[C@H]3O. The molecule has 2 fully saturated rings. The highest BCUT2D eigenvalue weighted by Gasteiger charge is 2.71. The molecule has 46 heavy (non-hydrogen) atoms. The van der Waals surface area contributed by atoms with Crippen molar-refractivity contribution >= 4 is 23.6 Å². The lowest BCUT2D eigenvalue weighted by molar-refractivity contribution is -0.150. The van der Waals surface area contributed by atoms with Gasteiger partial charge in [0, 0.05) is 40.6 Å². The van der Waals surface area contributed by atoms with Gasteiger partial charge in [0.05, 0.1) is 17.8 Å². The number of aliphatic carboxylic acids is 1. The van der Waals surface area contributed by atoms with E-state index in [2.05, 4.69) is 6.92 Å². The maximum Gasteiger partial charge on any atom is 0.334 e. The number of hydrogen-bond acceptors (Lipinski definition) is 7. The molecule has 8 heteroatoms. The maximum absolute atomic E-state index is 14.6. The zero-order valence-electron chi connectivity index (χ0n) is 28.1. The average Bonchev–Trinajstić information content (AvgIpc) is 3.20. The molecule has 0 heterocycles. The van der Waals surface area contributed by atoms with E-state index in [9.17, 15) is 39.9 Å². The maximum atomic E-state index is 14.6. The quantitative estimate of drug-likeness (QED) is 0.190. The Morgan fingerprint density at radius 3 is 2.28 bits per heavy atom. The number of allylic oxidation sites excluding steroid dienone is 1. The summed E-state index contributed by atoms with van der Waals surface area (Å²) in [6, 6.07) is 9.76. The van der Waals surface area contributed by atoms with Crippen molar-refractivity contribution in [3.05, 3.63) is 64.4 Å². The first-order chi connectivity index (χ1) is 21.3. The van der Waals surface area contributed by atoms with Crippen LogP contribution in [0.15, 0.2) is 58.9 Å². The van der Waals surface area contributed by atoms with Gasteiger partial charge in [-0.2, -0.15) is 0 Å². The minimum Gasteiger partial charge on any atom is -0.509 e. The highest BCUT2D eigenvalue weighted by Crippen LogP contribution is 2.72. The summed E-state index contributed by atoms with van der Waals surface area (Å²) in [5, 5.41) is 55.0. The van der Waals surface area contributed by atoms with E-state index in [4.69, 9.17) is 0 Å². The van der Waals surface area contributed by atoms with Crippen molar-refractivity contribution in [2.24, 2.45) is 45.3 Å². The average molecular weight is 635 g/mol. The highest BCUT2D eigenvalue weighted by atomic mass is 16.4. The normalized spacial score (nSPS) is 39.0. The van der Waals surface area contributed by atoms with Gasteiger partial charge in [-0.1, -0.05) is 84.0 Å². The van der Waals surface area contributed by atoms with Crippen molar-refractivity contribution in [2.45, 2.75) is 98.9 Å². The molecule has 0 aromatic heterocycles. The lowest BCUT2D eigenvalue weighted by Crippen LogP contribution is -2.63. The largest absolute Gasteiger partial charge is 0.509 e. The van der Waals surface area contributed by atoms with Crippen LogP contribution in [-0.4, -0.2) is 61.4 Å². The van der Waals surface area contributed by atoms with E-state index in [-0.39, 0.29) is 47.7 Å². The molecule has 4 aliphatic rings. The van der Waals surface area contributed by atoms with Crippen LogP contribution in [0.2, 0.25) is 0 Å². The van der Waals surface area contributed by atoms with Crippen LogP contribution in [0.5, 0.6) is 0 Å². The van der Waals surface area contributed by atoms with Crippen molar-refractivity contribution in [3.8, 4) is 0 Å². The van der Waals surface area contributed by atoms with E-state index in [0.29, 0.717) is 30.4 Å². The summed E-state index contributed by atoms with van der Waals surface area (Å²) in [6.07, 6.45) is 1.82. The summed E-state index contributed by atoms with van der Waals surface area (Å²) in [4.78, 5) is 39.4. The second-order valence-electron chi connectivity index (χ2n) is 15.7. The molecule has 0 saturated heterocycles. The number of aliphatic hydroxyl groups is 4. The third-order valence-corrected chi connectivity index (χ3v) is 13.1. The predicted molar refractivity (Wildman–Crippen MR) is 174 cm³/mol. The predicted octanol–water partition coefficient (Wildman–Crippen LogP) is 5.67. The van der Waals surface area contributed by atoms with Gasteiger partial charge in [0.15, 0.2) is 5.78 Å². The Morgan fingerprint density at radius 2 is 1.67 bits per heavy atom. The number of fused-ring (bicyclic) bond motifs is 4. The van der Waals surface area contributed by atoms with E-state index in [0.717, 1.165) is 5.56 Å². The number of carbonyl (C=O) groups excluding carboxylic acids is 2. The number of aliphatic hydroxyl groups excluding tert-OH is 4. The van der Waals surface area contributed by atoms with Crippen molar-refractivity contribution in [3.63, 3.8) is 0 Å². The molecule has 0 radical (unpaired) electrons. The van der Waals surface area contributed by atoms with E-state index >= 15 is 0 Å². The summed E-state index contributed by atoms with van der Waals surface area (Å²) < 4.78 is 0. The van der Waals surface area contributed by atoms with Crippen LogP contribution in [0.1, 0.15) is 86.1 Å². The molecular formula is C38H50O8. The standard InChI is InChI=1S/C38H50O8/c1-20(17-25(39)31(43)21(2)34(45)46)24-18-28(42)38(7)30-29(26(40)19-37(24,38)6)36(5)16-15-27(41)35(3,4)33(36)23(32(30)44)14-13-22-11-9-8-10-12-22/h8-14,20,23-25,28,32-33,39,42-44H,15-19H2,1-7H3,(H,45,46)/b14-13+,31-21-/t20-,23+,24-,25+,28+,32-,33-,36-,37-,38+/m1/s1. The Balaban J connectivity index is 1.63. The van der Waals surface area contributed by atoms with Gasteiger partial charge < -0.3 is 25.5 Å². The van der Waals surface area contributed by atoms with Gasteiger partial charge in [0.1, 0.15) is 17.6 Å². The molecule has 1 aromatic carbocycles. The number of carboxylic acids is 1. The molecule has 250 valence electrons. The number of rotatable bonds is 7.